The zero-order valence-corrected chi connectivity index (χ0v) is 22.6. The summed E-state index contributed by atoms with van der Waals surface area (Å²) in [6.07, 6.45) is 5.89. The molecule has 12 heteroatoms. The molecule has 11 nitrogen and oxygen atoms in total. The summed E-state index contributed by atoms with van der Waals surface area (Å²) in [4.78, 5) is 39.6. The summed E-state index contributed by atoms with van der Waals surface area (Å²) < 4.78 is 20.8. The number of carbonyl (C=O) groups excluding carboxylic acids is 2. The highest BCUT2D eigenvalue weighted by Crippen LogP contribution is 2.47. The first-order valence-electron chi connectivity index (χ1n) is 14.4. The summed E-state index contributed by atoms with van der Waals surface area (Å²) in [6, 6.07) is 5.12. The largest absolute Gasteiger partial charge is 0.379 e. The number of nitrogens with zero attached hydrogens (tertiary/aromatic N) is 6. The summed E-state index contributed by atoms with van der Waals surface area (Å²) >= 11 is 0. The minimum absolute atomic E-state index is 0.0298. The number of benzene rings is 1. The van der Waals surface area contributed by atoms with Crippen LogP contribution in [0.4, 0.5) is 27.5 Å². The van der Waals surface area contributed by atoms with Crippen LogP contribution < -0.4 is 20.4 Å². The number of morpholine rings is 1. The van der Waals surface area contributed by atoms with Crippen molar-refractivity contribution >= 4 is 35.0 Å². The molecule has 0 bridgehead atoms. The number of nitrogens with one attached hydrogen (secondary N) is 2. The maximum Gasteiger partial charge on any atom is 0.248 e. The van der Waals surface area contributed by atoms with E-state index in [0.29, 0.717) is 35.7 Å². The van der Waals surface area contributed by atoms with Crippen LogP contribution in [0.25, 0.3) is 0 Å². The zero-order valence-electron chi connectivity index (χ0n) is 22.6. The van der Waals surface area contributed by atoms with Crippen LogP contribution in [0.1, 0.15) is 37.7 Å². The molecule has 1 aromatic heterocycles. The summed E-state index contributed by atoms with van der Waals surface area (Å²) in [6.45, 7) is 6.95. The van der Waals surface area contributed by atoms with E-state index in [2.05, 4.69) is 30.5 Å². The number of carbonyl (C=O) groups is 2. The predicted molar refractivity (Wildman–Crippen MR) is 147 cm³/mol. The summed E-state index contributed by atoms with van der Waals surface area (Å²) in [5.74, 6) is 0.000222. The van der Waals surface area contributed by atoms with E-state index in [1.54, 1.807) is 17.2 Å². The Morgan fingerprint density at radius 2 is 1.77 bits per heavy atom. The molecular formula is C28H35FN8O3. The van der Waals surface area contributed by atoms with E-state index in [4.69, 9.17) is 9.72 Å². The number of halogens is 1. The average Bonchev–Trinajstić information content (AvgIpc) is 3.69. The molecule has 1 atom stereocenters. The lowest BCUT2D eigenvalue weighted by molar-refractivity contribution is -0.133. The standard InChI is InChI=1S/C28H35FN8O3/c29-22-17-19(5-6-23(22)34-9-11-35(12-10-34)36-13-15-40-16-14-36)32-27-31-18-21-24(33-27)37(20-3-1-2-4-20)26(39)28(21)7-8-30-25(28)38/h5-6,17-18,20H,1-4,7-16H2,(H,30,38)(H,31,32,33). The van der Waals surface area contributed by atoms with E-state index < -0.39 is 5.41 Å². The van der Waals surface area contributed by atoms with Crippen molar-refractivity contribution in [1.82, 2.24) is 25.3 Å². The molecule has 1 aromatic carbocycles. The quantitative estimate of drug-likeness (QED) is 0.539. The molecule has 4 fully saturated rings. The number of hydrogen-bond acceptors (Lipinski definition) is 9. The van der Waals surface area contributed by atoms with E-state index in [0.717, 1.165) is 78.2 Å². The highest BCUT2D eigenvalue weighted by molar-refractivity contribution is 6.22. The van der Waals surface area contributed by atoms with Crippen molar-refractivity contribution in [2.45, 2.75) is 43.6 Å². The van der Waals surface area contributed by atoms with E-state index >= 15 is 4.39 Å². The smallest absolute Gasteiger partial charge is 0.248 e. The molecular weight excluding hydrogens is 515 g/mol. The van der Waals surface area contributed by atoms with Gasteiger partial charge < -0.3 is 20.3 Å². The van der Waals surface area contributed by atoms with Crippen LogP contribution in [-0.2, 0) is 19.7 Å². The molecule has 1 unspecified atom stereocenters. The third-order valence-electron chi connectivity index (χ3n) is 9.09. The van der Waals surface area contributed by atoms with Crippen molar-refractivity contribution in [3.8, 4) is 0 Å². The predicted octanol–water partition coefficient (Wildman–Crippen LogP) is 1.78. The number of fused-ring (bicyclic) bond motifs is 2. The van der Waals surface area contributed by atoms with E-state index in [1.807, 2.05) is 6.07 Å². The van der Waals surface area contributed by atoms with Crippen LogP contribution >= 0.6 is 0 Å². The van der Waals surface area contributed by atoms with E-state index in [1.165, 1.54) is 6.07 Å². The molecule has 2 aromatic rings. The topological polar surface area (TPSA) is 106 Å². The first-order valence-corrected chi connectivity index (χ1v) is 14.4. The number of anilines is 4. The molecule has 4 aliphatic heterocycles. The second-order valence-corrected chi connectivity index (χ2v) is 11.3. The fourth-order valence-corrected chi connectivity index (χ4v) is 6.95. The Labute approximate surface area is 232 Å². The Morgan fingerprint density at radius 1 is 1.02 bits per heavy atom. The molecule has 40 heavy (non-hydrogen) atoms. The first kappa shape index (κ1) is 25.6. The molecule has 1 saturated carbocycles. The average molecular weight is 551 g/mol. The van der Waals surface area contributed by atoms with Gasteiger partial charge in [0.25, 0.3) is 0 Å². The maximum atomic E-state index is 15.3. The van der Waals surface area contributed by atoms with Crippen LogP contribution in [0, 0.1) is 5.82 Å². The maximum absolute atomic E-state index is 15.3. The Bertz CT molecular complexity index is 1310. The first-order chi connectivity index (χ1) is 19.5. The highest BCUT2D eigenvalue weighted by atomic mass is 19.1. The van der Waals surface area contributed by atoms with Crippen molar-refractivity contribution < 1.29 is 18.7 Å². The van der Waals surface area contributed by atoms with Gasteiger partial charge >= 0.3 is 0 Å². The minimum atomic E-state index is -1.24. The lowest BCUT2D eigenvalue weighted by atomic mass is 9.81. The van der Waals surface area contributed by atoms with Crippen molar-refractivity contribution in [3.05, 3.63) is 35.8 Å². The second-order valence-electron chi connectivity index (χ2n) is 11.3. The van der Waals surface area contributed by atoms with Gasteiger partial charge in [-0.1, -0.05) is 12.8 Å². The van der Waals surface area contributed by atoms with Gasteiger partial charge in [0.1, 0.15) is 11.6 Å². The molecule has 5 aliphatic rings. The van der Waals surface area contributed by atoms with Gasteiger partial charge in [-0.25, -0.2) is 19.4 Å². The van der Waals surface area contributed by atoms with Crippen molar-refractivity contribution in [2.75, 3.05) is 74.1 Å². The van der Waals surface area contributed by atoms with E-state index in [9.17, 15) is 9.59 Å². The van der Waals surface area contributed by atoms with Crippen LogP contribution in [-0.4, -0.2) is 96.9 Å². The molecule has 0 radical (unpaired) electrons. The molecule has 2 amide bonds. The molecule has 3 saturated heterocycles. The lowest BCUT2D eigenvalue weighted by Crippen LogP contribution is -2.56. The van der Waals surface area contributed by atoms with Gasteiger partial charge in [-0.2, -0.15) is 4.98 Å². The third kappa shape index (κ3) is 4.20. The van der Waals surface area contributed by atoms with Gasteiger partial charge in [-0.05, 0) is 37.5 Å². The number of rotatable bonds is 5. The molecule has 5 heterocycles. The fourth-order valence-electron chi connectivity index (χ4n) is 6.95. The van der Waals surface area contributed by atoms with Gasteiger partial charge in [0, 0.05) is 69.3 Å². The minimum Gasteiger partial charge on any atom is -0.379 e. The summed E-state index contributed by atoms with van der Waals surface area (Å²) in [5.41, 5.74) is 0.436. The van der Waals surface area contributed by atoms with Gasteiger partial charge in [-0.15, -0.1) is 0 Å². The Morgan fingerprint density at radius 3 is 2.48 bits per heavy atom. The number of amides is 2. The van der Waals surface area contributed by atoms with Crippen LogP contribution in [0.3, 0.4) is 0 Å². The SMILES string of the molecule is O=C1NCCC12C(=O)N(C1CCCC1)c1nc(Nc3ccc(N4CCN(N5CCOCC5)CC4)c(F)c3)ncc12. The van der Waals surface area contributed by atoms with Gasteiger partial charge in [0.15, 0.2) is 5.41 Å². The normalized spacial score (nSPS) is 26.1. The summed E-state index contributed by atoms with van der Waals surface area (Å²) in [5, 5.41) is 10.6. The molecule has 2 N–H and O–H groups in total. The van der Waals surface area contributed by atoms with E-state index in [-0.39, 0.29) is 29.6 Å². The van der Waals surface area contributed by atoms with Crippen molar-refractivity contribution in [3.63, 3.8) is 0 Å². The number of hydrogen-bond donors (Lipinski definition) is 2. The second kappa shape index (κ2) is 10.2. The number of piperazine rings is 1. The van der Waals surface area contributed by atoms with Crippen LogP contribution in [0.2, 0.25) is 0 Å². The van der Waals surface area contributed by atoms with Crippen LogP contribution in [0.5, 0.6) is 0 Å². The molecule has 7 rings (SSSR count). The number of aromatic nitrogens is 2. The number of ether oxygens (including phenoxy) is 1. The number of hydrazine groups is 1. The molecule has 1 aliphatic carbocycles. The van der Waals surface area contributed by atoms with Crippen molar-refractivity contribution in [1.29, 1.82) is 0 Å². The van der Waals surface area contributed by atoms with Gasteiger partial charge in [0.05, 0.1) is 18.9 Å². The monoisotopic (exact) mass is 550 g/mol. The molecule has 1 spiro atoms. The fraction of sp³-hybridized carbons (Fsp3) is 0.571. The Kier molecular flexibility index (Phi) is 6.56. The lowest BCUT2D eigenvalue weighted by Gasteiger charge is -2.43. The Hall–Kier alpha value is -3.35. The Balaban J connectivity index is 1.09. The highest BCUT2D eigenvalue weighted by Gasteiger charge is 2.60. The van der Waals surface area contributed by atoms with Gasteiger partial charge in [-0.3, -0.25) is 14.5 Å². The van der Waals surface area contributed by atoms with Crippen molar-refractivity contribution in [2.24, 2.45) is 0 Å². The summed E-state index contributed by atoms with van der Waals surface area (Å²) in [7, 11) is 0. The zero-order chi connectivity index (χ0) is 27.3. The van der Waals surface area contributed by atoms with Gasteiger partial charge in [0.2, 0.25) is 17.8 Å². The van der Waals surface area contributed by atoms with Crippen LogP contribution in [0.15, 0.2) is 24.4 Å². The third-order valence-corrected chi connectivity index (χ3v) is 9.09. The molecule has 212 valence electrons.